The average Bonchev–Trinajstić information content (AvgIpc) is 2.41. The second-order valence-corrected chi connectivity index (χ2v) is 4.08. The molecule has 0 saturated carbocycles. The van der Waals surface area contributed by atoms with Crippen LogP contribution < -0.4 is 0 Å². The van der Waals surface area contributed by atoms with Crippen LogP contribution in [0.3, 0.4) is 0 Å². The van der Waals surface area contributed by atoms with Gasteiger partial charge >= 0.3 is 5.97 Å². The lowest BCUT2D eigenvalue weighted by molar-refractivity contribution is -0.144. The van der Waals surface area contributed by atoms with Crippen LogP contribution in [0, 0.1) is 0 Å². The lowest BCUT2D eigenvalue weighted by Crippen LogP contribution is -2.45. The molecule has 2 atom stereocenters. The normalized spacial score (nSPS) is 31.9. The van der Waals surface area contributed by atoms with E-state index in [1.165, 1.54) is 7.11 Å². The number of carbonyl (C=O) groups excluding carboxylic acids is 2. The summed E-state index contributed by atoms with van der Waals surface area (Å²) in [5.74, 6) is 0.148. The molecule has 0 aromatic rings. The molecule has 2 heterocycles. The van der Waals surface area contributed by atoms with Crippen molar-refractivity contribution in [2.24, 2.45) is 0 Å². The van der Waals surface area contributed by atoms with Gasteiger partial charge in [0.25, 0.3) is 0 Å². The quantitative estimate of drug-likeness (QED) is 0.599. The molecule has 0 amide bonds. The number of ketones is 1. The van der Waals surface area contributed by atoms with E-state index in [1.807, 2.05) is 0 Å². The molecule has 2 unspecified atom stereocenters. The van der Waals surface area contributed by atoms with Crippen molar-refractivity contribution in [1.82, 2.24) is 4.90 Å². The van der Waals surface area contributed by atoms with Crippen molar-refractivity contribution in [2.45, 2.75) is 37.8 Å². The molecule has 0 aromatic heterocycles. The number of esters is 1. The van der Waals surface area contributed by atoms with Crippen LogP contribution in [0.1, 0.15) is 25.7 Å². The number of rotatable bonds is 2. The van der Waals surface area contributed by atoms with Crippen molar-refractivity contribution in [3.63, 3.8) is 0 Å². The first-order valence-electron chi connectivity index (χ1n) is 5.05. The molecule has 78 valence electrons. The minimum absolute atomic E-state index is 0.198. The number of Topliss-reactive ketones (excluding diaryl/α,β-unsaturated/α-hetero) is 1. The van der Waals surface area contributed by atoms with Crippen LogP contribution in [0.4, 0.5) is 0 Å². The zero-order valence-corrected chi connectivity index (χ0v) is 8.36. The van der Waals surface area contributed by atoms with Gasteiger partial charge in [0.15, 0.2) is 0 Å². The lowest BCUT2D eigenvalue weighted by atomic mass is 10.0. The molecule has 0 aromatic carbocycles. The Labute approximate surface area is 83.2 Å². The molecule has 0 radical (unpaired) electrons. The molecule has 0 aliphatic carbocycles. The van der Waals surface area contributed by atoms with Crippen LogP contribution in [-0.4, -0.2) is 42.4 Å². The number of nitrogens with zero attached hydrogens (tertiary/aromatic N) is 1. The first-order chi connectivity index (χ1) is 6.70. The molecular formula is C10H15NO3. The number of hydrogen-bond acceptors (Lipinski definition) is 4. The van der Waals surface area contributed by atoms with E-state index in [9.17, 15) is 9.59 Å². The molecule has 2 saturated heterocycles. The molecule has 2 bridgehead atoms. The monoisotopic (exact) mass is 197 g/mol. The van der Waals surface area contributed by atoms with Gasteiger partial charge in [-0.05, 0) is 12.8 Å². The van der Waals surface area contributed by atoms with Crippen molar-refractivity contribution in [2.75, 3.05) is 13.7 Å². The van der Waals surface area contributed by atoms with Gasteiger partial charge in [-0.2, -0.15) is 0 Å². The second kappa shape index (κ2) is 3.69. The van der Waals surface area contributed by atoms with Gasteiger partial charge in [0.05, 0.1) is 13.7 Å². The van der Waals surface area contributed by atoms with Crippen LogP contribution in [0.15, 0.2) is 0 Å². The minimum Gasteiger partial charge on any atom is -0.468 e. The molecule has 2 aliphatic rings. The third-order valence-electron chi connectivity index (χ3n) is 3.24. The van der Waals surface area contributed by atoms with Gasteiger partial charge in [-0.3, -0.25) is 14.5 Å². The minimum atomic E-state index is -0.198. The molecule has 0 N–H and O–H groups in total. The van der Waals surface area contributed by atoms with Gasteiger partial charge in [-0.15, -0.1) is 0 Å². The fourth-order valence-corrected chi connectivity index (χ4v) is 2.53. The SMILES string of the molecule is COC(=O)CN1C2CCC1CC(=O)C2. The van der Waals surface area contributed by atoms with Gasteiger partial charge in [0.1, 0.15) is 5.78 Å². The Morgan fingerprint density at radius 1 is 1.43 bits per heavy atom. The second-order valence-electron chi connectivity index (χ2n) is 4.08. The Kier molecular flexibility index (Phi) is 2.54. The molecule has 2 fully saturated rings. The number of carbonyl (C=O) groups is 2. The number of hydrogen-bond donors (Lipinski definition) is 0. The van der Waals surface area contributed by atoms with Crippen molar-refractivity contribution in [1.29, 1.82) is 0 Å². The summed E-state index contributed by atoms with van der Waals surface area (Å²) in [5.41, 5.74) is 0. The summed E-state index contributed by atoms with van der Waals surface area (Å²) in [5, 5.41) is 0. The summed E-state index contributed by atoms with van der Waals surface area (Å²) < 4.78 is 4.64. The fourth-order valence-electron chi connectivity index (χ4n) is 2.53. The summed E-state index contributed by atoms with van der Waals surface area (Å²) in [4.78, 5) is 24.5. The third-order valence-corrected chi connectivity index (χ3v) is 3.24. The number of methoxy groups -OCH3 is 1. The van der Waals surface area contributed by atoms with Crippen LogP contribution in [0.2, 0.25) is 0 Å². The first kappa shape index (κ1) is 9.65. The zero-order valence-electron chi connectivity index (χ0n) is 8.36. The maximum absolute atomic E-state index is 11.3. The summed E-state index contributed by atoms with van der Waals surface area (Å²) >= 11 is 0. The van der Waals surface area contributed by atoms with E-state index in [-0.39, 0.29) is 5.97 Å². The van der Waals surface area contributed by atoms with E-state index in [1.54, 1.807) is 0 Å². The fraction of sp³-hybridized carbons (Fsp3) is 0.800. The Morgan fingerprint density at radius 2 is 2.00 bits per heavy atom. The number of piperidine rings is 1. The molecular weight excluding hydrogens is 182 g/mol. The first-order valence-corrected chi connectivity index (χ1v) is 5.05. The van der Waals surface area contributed by atoms with Crippen LogP contribution in [0.25, 0.3) is 0 Å². The zero-order chi connectivity index (χ0) is 10.1. The van der Waals surface area contributed by atoms with Gasteiger partial charge in [-0.25, -0.2) is 0 Å². The standard InChI is InChI=1S/C10H15NO3/c1-14-10(13)6-11-7-2-3-8(11)5-9(12)4-7/h7-8H,2-6H2,1H3. The highest BCUT2D eigenvalue weighted by Crippen LogP contribution is 2.33. The van der Waals surface area contributed by atoms with Gasteiger partial charge in [0, 0.05) is 24.9 Å². The van der Waals surface area contributed by atoms with Crippen LogP contribution in [0.5, 0.6) is 0 Å². The Hall–Kier alpha value is -0.900. The molecule has 2 aliphatic heterocycles. The number of fused-ring (bicyclic) bond motifs is 2. The van der Waals surface area contributed by atoms with Crippen molar-refractivity contribution in [3.8, 4) is 0 Å². The molecule has 4 nitrogen and oxygen atoms in total. The van der Waals surface area contributed by atoms with E-state index in [0.717, 1.165) is 12.8 Å². The van der Waals surface area contributed by atoms with E-state index in [4.69, 9.17) is 0 Å². The largest absolute Gasteiger partial charge is 0.468 e. The maximum Gasteiger partial charge on any atom is 0.319 e. The van der Waals surface area contributed by atoms with E-state index >= 15 is 0 Å². The van der Waals surface area contributed by atoms with Crippen LogP contribution in [-0.2, 0) is 14.3 Å². The Balaban J connectivity index is 2.00. The maximum atomic E-state index is 11.3. The highest BCUT2D eigenvalue weighted by molar-refractivity contribution is 5.81. The molecule has 4 heteroatoms. The topological polar surface area (TPSA) is 46.6 Å². The summed E-state index contributed by atoms with van der Waals surface area (Å²) in [7, 11) is 1.40. The lowest BCUT2D eigenvalue weighted by Gasteiger charge is -2.32. The predicted octanol–water partition coefficient (Wildman–Crippen LogP) is 0.355. The summed E-state index contributed by atoms with van der Waals surface area (Å²) in [6.45, 7) is 0.346. The van der Waals surface area contributed by atoms with Gasteiger partial charge in [0.2, 0.25) is 0 Å². The van der Waals surface area contributed by atoms with E-state index < -0.39 is 0 Å². The van der Waals surface area contributed by atoms with E-state index in [2.05, 4.69) is 9.64 Å². The van der Waals surface area contributed by atoms with Gasteiger partial charge < -0.3 is 4.74 Å². The smallest absolute Gasteiger partial charge is 0.319 e. The van der Waals surface area contributed by atoms with Crippen LogP contribution >= 0.6 is 0 Å². The molecule has 2 rings (SSSR count). The van der Waals surface area contributed by atoms with Crippen molar-refractivity contribution < 1.29 is 14.3 Å². The summed E-state index contributed by atoms with van der Waals surface area (Å²) in [6.07, 6.45) is 3.34. The number of ether oxygens (including phenoxy) is 1. The highest BCUT2D eigenvalue weighted by Gasteiger charge is 2.40. The molecule has 14 heavy (non-hydrogen) atoms. The highest BCUT2D eigenvalue weighted by atomic mass is 16.5. The average molecular weight is 197 g/mol. The molecule has 0 spiro atoms. The van der Waals surface area contributed by atoms with E-state index in [0.29, 0.717) is 37.3 Å². The van der Waals surface area contributed by atoms with Gasteiger partial charge in [-0.1, -0.05) is 0 Å². The van der Waals surface area contributed by atoms with Crippen molar-refractivity contribution >= 4 is 11.8 Å². The predicted molar refractivity (Wildman–Crippen MR) is 49.8 cm³/mol. The van der Waals surface area contributed by atoms with Crippen molar-refractivity contribution in [3.05, 3.63) is 0 Å². The summed E-state index contributed by atoms with van der Waals surface area (Å²) in [6, 6.07) is 0.584. The third kappa shape index (κ3) is 1.66. The Bertz CT molecular complexity index is 248. The Morgan fingerprint density at radius 3 is 2.50 bits per heavy atom.